The zero-order valence-corrected chi connectivity index (χ0v) is 15.7. The third-order valence-electron chi connectivity index (χ3n) is 3.67. The maximum absolute atomic E-state index is 13.9. The van der Waals surface area contributed by atoms with Gasteiger partial charge in [-0.25, -0.2) is 4.39 Å². The Morgan fingerprint density at radius 1 is 1.15 bits per heavy atom. The summed E-state index contributed by atoms with van der Waals surface area (Å²) in [5.41, 5.74) is -1.65. The van der Waals surface area contributed by atoms with E-state index in [1.165, 1.54) is 24.3 Å². The van der Waals surface area contributed by atoms with Crippen molar-refractivity contribution in [3.63, 3.8) is 0 Å². The minimum atomic E-state index is -4.64. The lowest BCUT2D eigenvalue weighted by molar-refractivity contribution is -0.137. The van der Waals surface area contributed by atoms with Crippen LogP contribution in [-0.4, -0.2) is 29.8 Å². The second-order valence-electron chi connectivity index (χ2n) is 5.54. The number of hydrogen-bond donors (Lipinski definition) is 1. The molecule has 0 spiro atoms. The van der Waals surface area contributed by atoms with Gasteiger partial charge in [0, 0.05) is 11.0 Å². The number of nitrogens with one attached hydrogen (secondary N) is 1. The molecule has 0 aliphatic heterocycles. The molecule has 2 aromatic carbocycles. The lowest BCUT2D eigenvalue weighted by Crippen LogP contribution is -2.38. The molecule has 9 heteroatoms. The quantitative estimate of drug-likeness (QED) is 0.676. The van der Waals surface area contributed by atoms with Crippen LogP contribution >= 0.6 is 15.9 Å². The summed E-state index contributed by atoms with van der Waals surface area (Å²) in [5.74, 6) is -2.32. The van der Waals surface area contributed by atoms with Crippen LogP contribution in [0.4, 0.5) is 23.2 Å². The minimum Gasteiger partial charge on any atom is -0.330 e. The number of nitrogens with zero attached hydrogens (tertiary/aromatic N) is 1. The van der Waals surface area contributed by atoms with Crippen LogP contribution in [0.5, 0.6) is 0 Å². The third-order valence-corrected chi connectivity index (χ3v) is 4.16. The molecular weight excluding hydrogens is 432 g/mol. The number of benzene rings is 2. The van der Waals surface area contributed by atoms with E-state index in [-0.39, 0.29) is 12.1 Å². The van der Waals surface area contributed by atoms with E-state index in [2.05, 4.69) is 21.2 Å². The monoisotopic (exact) mass is 446 g/mol. The van der Waals surface area contributed by atoms with Crippen molar-refractivity contribution in [2.75, 3.05) is 18.4 Å². The molecule has 0 aliphatic rings. The van der Waals surface area contributed by atoms with E-state index in [9.17, 15) is 27.2 Å². The number of rotatable bonds is 5. The van der Waals surface area contributed by atoms with Crippen molar-refractivity contribution in [1.29, 1.82) is 0 Å². The molecule has 0 aromatic heterocycles. The Morgan fingerprint density at radius 2 is 1.81 bits per heavy atom. The highest BCUT2D eigenvalue weighted by atomic mass is 79.9. The number of para-hydroxylation sites is 1. The predicted molar refractivity (Wildman–Crippen MR) is 95.8 cm³/mol. The van der Waals surface area contributed by atoms with E-state index in [4.69, 9.17) is 0 Å². The van der Waals surface area contributed by atoms with Gasteiger partial charge in [-0.3, -0.25) is 9.59 Å². The first-order valence-electron chi connectivity index (χ1n) is 7.84. The average molecular weight is 447 g/mol. The topological polar surface area (TPSA) is 49.4 Å². The van der Waals surface area contributed by atoms with E-state index in [1.807, 2.05) is 0 Å². The van der Waals surface area contributed by atoms with E-state index >= 15 is 0 Å². The SMILES string of the molecule is CCN(CC(=O)Nc1ccccc1C(F)(F)F)C(=O)c1cc(Br)ccc1F. The summed E-state index contributed by atoms with van der Waals surface area (Å²) in [6.45, 7) is 1.12. The highest BCUT2D eigenvalue weighted by molar-refractivity contribution is 9.10. The number of amides is 2. The van der Waals surface area contributed by atoms with E-state index in [0.717, 1.165) is 23.1 Å². The van der Waals surface area contributed by atoms with Crippen LogP contribution < -0.4 is 5.32 Å². The Hall–Kier alpha value is -2.42. The highest BCUT2D eigenvalue weighted by Gasteiger charge is 2.33. The average Bonchev–Trinajstić information content (AvgIpc) is 2.60. The van der Waals surface area contributed by atoms with Crippen LogP contribution in [0, 0.1) is 5.82 Å². The largest absolute Gasteiger partial charge is 0.418 e. The molecule has 4 nitrogen and oxygen atoms in total. The Balaban J connectivity index is 2.17. The molecule has 0 fully saturated rings. The number of halogens is 5. The number of anilines is 1. The number of alkyl halides is 3. The maximum Gasteiger partial charge on any atom is 0.418 e. The number of carbonyl (C=O) groups excluding carboxylic acids is 2. The van der Waals surface area contributed by atoms with Gasteiger partial charge in [0.05, 0.1) is 16.8 Å². The van der Waals surface area contributed by atoms with Crippen LogP contribution in [0.2, 0.25) is 0 Å². The number of carbonyl (C=O) groups is 2. The molecular formula is C18H15BrF4N2O2. The van der Waals surface area contributed by atoms with E-state index in [1.54, 1.807) is 6.92 Å². The van der Waals surface area contributed by atoms with Gasteiger partial charge in [-0.2, -0.15) is 13.2 Å². The summed E-state index contributed by atoms with van der Waals surface area (Å²) in [5, 5.41) is 2.16. The smallest absolute Gasteiger partial charge is 0.330 e. The second kappa shape index (κ2) is 8.51. The summed E-state index contributed by atoms with van der Waals surface area (Å²) in [6, 6.07) is 8.31. The lowest BCUT2D eigenvalue weighted by atomic mass is 10.1. The fraction of sp³-hybridized carbons (Fsp3) is 0.222. The van der Waals surface area contributed by atoms with Gasteiger partial charge in [-0.15, -0.1) is 0 Å². The Labute approximate surface area is 161 Å². The van der Waals surface area contributed by atoms with Gasteiger partial charge in [0.1, 0.15) is 12.4 Å². The van der Waals surface area contributed by atoms with Crippen molar-refractivity contribution in [2.45, 2.75) is 13.1 Å². The summed E-state index contributed by atoms with van der Waals surface area (Å²) in [4.78, 5) is 25.7. The Morgan fingerprint density at radius 3 is 2.44 bits per heavy atom. The summed E-state index contributed by atoms with van der Waals surface area (Å²) in [6.07, 6.45) is -4.64. The van der Waals surface area contributed by atoms with Crippen molar-refractivity contribution in [1.82, 2.24) is 4.90 Å². The van der Waals surface area contributed by atoms with Gasteiger partial charge >= 0.3 is 6.18 Å². The van der Waals surface area contributed by atoms with Crippen LogP contribution in [0.15, 0.2) is 46.9 Å². The molecule has 0 saturated heterocycles. The molecule has 2 amide bonds. The molecule has 0 heterocycles. The molecule has 27 heavy (non-hydrogen) atoms. The van der Waals surface area contributed by atoms with Crippen molar-refractivity contribution in [3.8, 4) is 0 Å². The normalized spacial score (nSPS) is 11.2. The molecule has 144 valence electrons. The lowest BCUT2D eigenvalue weighted by Gasteiger charge is -2.21. The van der Waals surface area contributed by atoms with Gasteiger partial charge in [-0.1, -0.05) is 28.1 Å². The fourth-order valence-corrected chi connectivity index (χ4v) is 2.72. The number of hydrogen-bond acceptors (Lipinski definition) is 2. The van der Waals surface area contributed by atoms with Gasteiger partial charge < -0.3 is 10.2 Å². The Bertz CT molecular complexity index is 855. The third kappa shape index (κ3) is 5.29. The number of likely N-dealkylation sites (N-methyl/N-ethyl adjacent to an activating group) is 1. The summed E-state index contributed by atoms with van der Waals surface area (Å²) in [7, 11) is 0. The first-order valence-corrected chi connectivity index (χ1v) is 8.63. The van der Waals surface area contributed by atoms with Crippen molar-refractivity contribution in [2.24, 2.45) is 0 Å². The van der Waals surface area contributed by atoms with E-state index in [0.29, 0.717) is 4.47 Å². The first kappa shape index (κ1) is 20.9. The molecule has 2 rings (SSSR count). The van der Waals surface area contributed by atoms with Crippen molar-refractivity contribution in [3.05, 3.63) is 63.9 Å². The van der Waals surface area contributed by atoms with Crippen LogP contribution in [-0.2, 0) is 11.0 Å². The van der Waals surface area contributed by atoms with Gasteiger partial charge in [0.15, 0.2) is 0 Å². The fourth-order valence-electron chi connectivity index (χ4n) is 2.36. The molecule has 0 unspecified atom stereocenters. The Kier molecular flexibility index (Phi) is 6.59. The van der Waals surface area contributed by atoms with Gasteiger partial charge in [0.2, 0.25) is 5.91 Å². The summed E-state index contributed by atoms with van der Waals surface area (Å²) < 4.78 is 53.4. The van der Waals surface area contributed by atoms with Gasteiger partial charge in [0.25, 0.3) is 5.91 Å². The van der Waals surface area contributed by atoms with Crippen LogP contribution in [0.3, 0.4) is 0 Å². The van der Waals surface area contributed by atoms with Crippen LogP contribution in [0.1, 0.15) is 22.8 Å². The zero-order chi connectivity index (χ0) is 20.2. The molecule has 2 aromatic rings. The molecule has 1 N–H and O–H groups in total. The minimum absolute atomic E-state index is 0.0686. The molecule has 0 aliphatic carbocycles. The van der Waals surface area contributed by atoms with E-state index < -0.39 is 41.6 Å². The van der Waals surface area contributed by atoms with Crippen molar-refractivity contribution < 1.29 is 27.2 Å². The van der Waals surface area contributed by atoms with Crippen LogP contribution in [0.25, 0.3) is 0 Å². The molecule has 0 saturated carbocycles. The molecule has 0 bridgehead atoms. The first-order chi connectivity index (χ1) is 12.6. The predicted octanol–water partition coefficient (Wildman–Crippen LogP) is 4.71. The maximum atomic E-state index is 13.9. The highest BCUT2D eigenvalue weighted by Crippen LogP contribution is 2.34. The van der Waals surface area contributed by atoms with Crippen molar-refractivity contribution >= 4 is 33.4 Å². The zero-order valence-electron chi connectivity index (χ0n) is 14.1. The second-order valence-corrected chi connectivity index (χ2v) is 6.45. The molecule has 0 atom stereocenters. The molecule has 0 radical (unpaired) electrons. The summed E-state index contributed by atoms with van der Waals surface area (Å²) >= 11 is 3.13. The van der Waals surface area contributed by atoms with Gasteiger partial charge in [-0.05, 0) is 37.3 Å². The standard InChI is InChI=1S/C18H15BrF4N2O2/c1-2-25(17(27)12-9-11(19)7-8-14(12)20)10-16(26)24-15-6-4-3-5-13(15)18(21,22)23/h3-9H,2,10H2,1H3,(H,24,26).